The van der Waals surface area contributed by atoms with Gasteiger partial charge in [0.05, 0.1) is 0 Å². The zero-order valence-corrected chi connectivity index (χ0v) is 18.2. The van der Waals surface area contributed by atoms with Crippen molar-refractivity contribution in [1.29, 1.82) is 0 Å². The van der Waals surface area contributed by atoms with Gasteiger partial charge in [0.15, 0.2) is 12.0 Å². The van der Waals surface area contributed by atoms with E-state index in [9.17, 15) is 9.59 Å². The topological polar surface area (TPSA) is 67.8 Å². The zero-order chi connectivity index (χ0) is 21.9. The lowest BCUT2D eigenvalue weighted by Gasteiger charge is -2.53. The molecule has 1 saturated heterocycles. The van der Waals surface area contributed by atoms with E-state index in [1.807, 2.05) is 50.2 Å². The Hall–Kier alpha value is -2.95. The lowest BCUT2D eigenvalue weighted by molar-refractivity contribution is -0.158. The first-order valence-corrected chi connectivity index (χ1v) is 10.9. The molecule has 2 aromatic carbocycles. The molecule has 2 bridgehead atoms. The Bertz CT molecular complexity index is 1040. The van der Waals surface area contributed by atoms with Crippen molar-refractivity contribution in [2.24, 2.45) is 21.2 Å². The molecule has 1 saturated carbocycles. The highest BCUT2D eigenvalue weighted by molar-refractivity contribution is 6.04. The SMILES string of the molecule is CC1(C2=N[C@H](c3ccccc3)[C@@H](c3ccccc3)O2)C[C@@]2(C)C[C@@](C)(C1)C(=O)NC2=O. The smallest absolute Gasteiger partial charge is 0.232 e. The summed E-state index contributed by atoms with van der Waals surface area (Å²) in [5.74, 6) is 0.298. The fourth-order valence-electron chi connectivity index (χ4n) is 6.15. The average molecular weight is 417 g/mol. The van der Waals surface area contributed by atoms with Crippen molar-refractivity contribution in [3.8, 4) is 0 Å². The molecule has 5 heteroatoms. The third kappa shape index (κ3) is 3.18. The lowest BCUT2D eigenvalue weighted by atomic mass is 9.52. The van der Waals surface area contributed by atoms with Gasteiger partial charge in [-0.05, 0) is 30.4 Å². The Labute approximate surface area is 182 Å². The van der Waals surface area contributed by atoms with Gasteiger partial charge in [0.25, 0.3) is 0 Å². The van der Waals surface area contributed by atoms with Crippen LogP contribution in [0.5, 0.6) is 0 Å². The zero-order valence-electron chi connectivity index (χ0n) is 18.2. The number of benzene rings is 2. The summed E-state index contributed by atoms with van der Waals surface area (Å²) >= 11 is 0. The fraction of sp³-hybridized carbons (Fsp3) is 0.423. The van der Waals surface area contributed by atoms with Crippen molar-refractivity contribution >= 4 is 17.7 Å². The molecule has 2 aliphatic heterocycles. The van der Waals surface area contributed by atoms with Crippen LogP contribution in [0.1, 0.15) is 63.3 Å². The monoisotopic (exact) mass is 416 g/mol. The maximum absolute atomic E-state index is 12.7. The molecule has 5 atom stereocenters. The number of rotatable bonds is 3. The number of carbonyl (C=O) groups is 2. The maximum atomic E-state index is 12.7. The molecule has 1 N–H and O–H groups in total. The molecule has 0 spiro atoms. The second kappa shape index (κ2) is 6.78. The number of hydrogen-bond donors (Lipinski definition) is 1. The second-order valence-corrected chi connectivity index (χ2v) is 10.2. The molecule has 5 nitrogen and oxygen atoms in total. The Kier molecular flexibility index (Phi) is 4.37. The number of amides is 2. The number of imide groups is 1. The van der Waals surface area contributed by atoms with Crippen LogP contribution in [0, 0.1) is 16.2 Å². The van der Waals surface area contributed by atoms with Gasteiger partial charge in [-0.3, -0.25) is 14.9 Å². The van der Waals surface area contributed by atoms with E-state index in [0.29, 0.717) is 25.2 Å². The van der Waals surface area contributed by atoms with Crippen LogP contribution in [-0.4, -0.2) is 17.7 Å². The second-order valence-electron chi connectivity index (χ2n) is 10.2. The van der Waals surface area contributed by atoms with E-state index in [2.05, 4.69) is 36.5 Å². The minimum absolute atomic E-state index is 0.165. The van der Waals surface area contributed by atoms with Crippen LogP contribution in [-0.2, 0) is 14.3 Å². The summed E-state index contributed by atoms with van der Waals surface area (Å²) in [6, 6.07) is 20.2. The van der Waals surface area contributed by atoms with E-state index < -0.39 is 16.2 Å². The van der Waals surface area contributed by atoms with Gasteiger partial charge in [-0.2, -0.15) is 0 Å². The molecule has 3 aliphatic rings. The van der Waals surface area contributed by atoms with Crippen molar-refractivity contribution in [3.05, 3.63) is 71.8 Å². The first-order valence-electron chi connectivity index (χ1n) is 10.9. The average Bonchev–Trinajstić information content (AvgIpc) is 3.20. The van der Waals surface area contributed by atoms with Gasteiger partial charge in [-0.15, -0.1) is 0 Å². The van der Waals surface area contributed by atoms with E-state index in [1.165, 1.54) is 0 Å². The highest BCUT2D eigenvalue weighted by Gasteiger charge is 2.61. The van der Waals surface area contributed by atoms with Crippen molar-refractivity contribution in [1.82, 2.24) is 5.32 Å². The summed E-state index contributed by atoms with van der Waals surface area (Å²) in [7, 11) is 0. The third-order valence-corrected chi connectivity index (χ3v) is 7.23. The van der Waals surface area contributed by atoms with E-state index in [0.717, 1.165) is 11.1 Å². The highest BCUT2D eigenvalue weighted by atomic mass is 16.5. The first-order chi connectivity index (χ1) is 14.7. The van der Waals surface area contributed by atoms with Crippen LogP contribution in [0.15, 0.2) is 65.7 Å². The Morgan fingerprint density at radius 1 is 0.774 bits per heavy atom. The van der Waals surface area contributed by atoms with Gasteiger partial charge in [-0.1, -0.05) is 81.4 Å². The third-order valence-electron chi connectivity index (χ3n) is 7.23. The molecule has 1 aliphatic carbocycles. The van der Waals surface area contributed by atoms with Crippen LogP contribution < -0.4 is 5.32 Å². The minimum atomic E-state index is -0.616. The number of ether oxygens (including phenoxy) is 1. The molecule has 0 radical (unpaired) electrons. The van der Waals surface area contributed by atoms with Crippen molar-refractivity contribution in [2.45, 2.75) is 52.2 Å². The summed E-state index contributed by atoms with van der Waals surface area (Å²) in [4.78, 5) is 30.6. The van der Waals surface area contributed by atoms with Gasteiger partial charge in [0.2, 0.25) is 11.8 Å². The van der Waals surface area contributed by atoms with Gasteiger partial charge < -0.3 is 4.74 Å². The van der Waals surface area contributed by atoms with E-state index in [4.69, 9.17) is 9.73 Å². The molecular weight excluding hydrogens is 388 g/mol. The van der Waals surface area contributed by atoms with Crippen molar-refractivity contribution in [3.63, 3.8) is 0 Å². The summed E-state index contributed by atoms with van der Waals surface area (Å²) in [5.41, 5.74) is 0.438. The number of carbonyl (C=O) groups excluding carboxylic acids is 2. The number of piperidine rings is 1. The van der Waals surface area contributed by atoms with Crippen LogP contribution in [0.4, 0.5) is 0 Å². The molecule has 2 fully saturated rings. The van der Waals surface area contributed by atoms with E-state index in [1.54, 1.807) is 0 Å². The Morgan fingerprint density at radius 3 is 1.81 bits per heavy atom. The molecule has 5 rings (SSSR count). The molecule has 160 valence electrons. The molecule has 2 amide bonds. The van der Waals surface area contributed by atoms with Crippen molar-refractivity contribution < 1.29 is 14.3 Å². The van der Waals surface area contributed by atoms with Gasteiger partial charge in [-0.25, -0.2) is 4.99 Å². The predicted molar refractivity (Wildman–Crippen MR) is 118 cm³/mol. The number of fused-ring (bicyclic) bond motifs is 2. The highest BCUT2D eigenvalue weighted by Crippen LogP contribution is 2.59. The molecular formula is C26H28N2O3. The summed E-state index contributed by atoms with van der Waals surface area (Å²) < 4.78 is 6.59. The van der Waals surface area contributed by atoms with Gasteiger partial charge in [0.1, 0.15) is 6.04 Å². The number of aliphatic imine (C=N–C) groups is 1. The van der Waals surface area contributed by atoms with Crippen LogP contribution in [0.3, 0.4) is 0 Å². The molecule has 2 aromatic rings. The Balaban J connectivity index is 1.56. The molecule has 2 heterocycles. The van der Waals surface area contributed by atoms with Gasteiger partial charge in [0, 0.05) is 16.2 Å². The van der Waals surface area contributed by atoms with Gasteiger partial charge >= 0.3 is 0 Å². The first kappa shape index (κ1) is 20.0. The Morgan fingerprint density at radius 2 is 1.26 bits per heavy atom. The molecule has 0 aromatic heterocycles. The number of nitrogens with zero attached hydrogens (tertiary/aromatic N) is 1. The lowest BCUT2D eigenvalue weighted by Crippen LogP contribution is -2.62. The summed E-state index contributed by atoms with van der Waals surface area (Å²) in [6.45, 7) is 6.02. The van der Waals surface area contributed by atoms with Crippen LogP contribution in [0.2, 0.25) is 0 Å². The quantitative estimate of drug-likeness (QED) is 0.734. The van der Waals surface area contributed by atoms with Crippen LogP contribution >= 0.6 is 0 Å². The van der Waals surface area contributed by atoms with E-state index >= 15 is 0 Å². The summed E-state index contributed by atoms with van der Waals surface area (Å²) in [5, 5.41) is 2.60. The van der Waals surface area contributed by atoms with E-state index in [-0.39, 0.29) is 24.0 Å². The minimum Gasteiger partial charge on any atom is -0.470 e. The predicted octanol–water partition coefficient (Wildman–Crippen LogP) is 4.76. The standard InChI is InChI=1S/C26H28N2O3/c1-24-14-25(2,22(30)28-21(24)29)16-26(3,15-24)23-27-19(17-10-6-4-7-11-17)20(31-23)18-12-8-5-9-13-18/h4-13,19-20H,14-16H2,1-3H3,(H,28,29,30)/t19-,20-,24-,25+,26?/m1/s1. The number of nitrogens with one attached hydrogen (secondary N) is 1. The van der Waals surface area contributed by atoms with Crippen LogP contribution in [0.25, 0.3) is 0 Å². The molecule has 31 heavy (non-hydrogen) atoms. The fourth-order valence-corrected chi connectivity index (χ4v) is 6.15. The number of hydrogen-bond acceptors (Lipinski definition) is 4. The van der Waals surface area contributed by atoms with Crippen molar-refractivity contribution in [2.75, 3.05) is 0 Å². The molecule has 1 unspecified atom stereocenters. The normalized spacial score (nSPS) is 37.1. The largest absolute Gasteiger partial charge is 0.470 e. The maximum Gasteiger partial charge on any atom is 0.232 e. The summed E-state index contributed by atoms with van der Waals surface area (Å²) in [6.07, 6.45) is 1.55.